The normalized spacial score (nSPS) is 15.5. The Kier molecular flexibility index (Phi) is 9.19. The van der Waals surface area contributed by atoms with Gasteiger partial charge in [0.05, 0.1) is 5.56 Å². The Labute approximate surface area is 265 Å². The summed E-state index contributed by atoms with van der Waals surface area (Å²) in [6.07, 6.45) is -0.687. The number of anilines is 1. The molecule has 2 heterocycles. The van der Waals surface area contributed by atoms with Crippen LogP contribution in [-0.4, -0.2) is 48.3 Å². The van der Waals surface area contributed by atoms with E-state index in [0.717, 1.165) is 0 Å². The second-order valence-corrected chi connectivity index (χ2v) is 10.9. The second kappa shape index (κ2) is 13.3. The van der Waals surface area contributed by atoms with Crippen LogP contribution >= 0.6 is 0 Å². The molecule has 15 heteroatoms. The quantitative estimate of drug-likeness (QED) is 0.0342. The number of esters is 2. The zero-order valence-electron chi connectivity index (χ0n) is 25.0. The topological polar surface area (TPSA) is 250 Å². The van der Waals surface area contributed by atoms with Crippen LogP contribution in [0.15, 0.2) is 84.1 Å². The number of para-hydroxylation sites is 2. The molecule has 1 fully saturated rings. The minimum absolute atomic E-state index is 0.000102. The maximum atomic E-state index is 14.0. The Morgan fingerprint density at radius 2 is 1.47 bits per heavy atom. The fraction of sp³-hybridized carbons (Fsp3) is 0.281. The molecular weight excluding hydrogens is 614 g/mol. The first-order valence-corrected chi connectivity index (χ1v) is 14.6. The molecule has 0 unspecified atom stereocenters. The molecule has 7 N–H and O–H groups in total. The van der Waals surface area contributed by atoms with Crippen LogP contribution in [0.4, 0.5) is 5.69 Å². The summed E-state index contributed by atoms with van der Waals surface area (Å²) in [5, 5.41) is 3.54. The highest BCUT2D eigenvalue weighted by Crippen LogP contribution is 2.33. The summed E-state index contributed by atoms with van der Waals surface area (Å²) in [5.41, 5.74) is 13.4. The molecule has 0 saturated heterocycles. The lowest BCUT2D eigenvalue weighted by Crippen LogP contribution is -2.60. The lowest BCUT2D eigenvalue weighted by atomic mass is 9.86. The van der Waals surface area contributed by atoms with E-state index >= 15 is 0 Å². The van der Waals surface area contributed by atoms with Gasteiger partial charge < -0.3 is 40.8 Å². The van der Waals surface area contributed by atoms with Crippen LogP contribution < -0.4 is 33.8 Å². The van der Waals surface area contributed by atoms with E-state index in [4.69, 9.17) is 35.5 Å². The van der Waals surface area contributed by atoms with E-state index in [1.54, 1.807) is 48.5 Å². The van der Waals surface area contributed by atoms with Crippen molar-refractivity contribution in [3.8, 4) is 0 Å². The molecule has 0 bridgehead atoms. The first-order chi connectivity index (χ1) is 22.4. The molecule has 2 aromatic heterocycles. The number of guanidine groups is 1. The summed E-state index contributed by atoms with van der Waals surface area (Å²) in [7, 11) is 0. The minimum Gasteiger partial charge on any atom is -0.422 e. The van der Waals surface area contributed by atoms with Gasteiger partial charge in [0.25, 0.3) is 0 Å². The van der Waals surface area contributed by atoms with E-state index < -0.39 is 52.6 Å². The van der Waals surface area contributed by atoms with Gasteiger partial charge >= 0.3 is 29.0 Å². The number of carbonyl (C=O) groups is 4. The lowest BCUT2D eigenvalue weighted by molar-refractivity contribution is -0.228. The first-order valence-electron chi connectivity index (χ1n) is 14.6. The fourth-order valence-electron chi connectivity index (χ4n) is 5.20. The number of nitrogens with two attached hydrogens (primary N) is 3. The molecule has 0 spiro atoms. The Bertz CT molecular complexity index is 2010. The predicted molar refractivity (Wildman–Crippen MR) is 168 cm³/mol. The van der Waals surface area contributed by atoms with Crippen molar-refractivity contribution in [2.45, 2.75) is 43.4 Å². The van der Waals surface area contributed by atoms with E-state index in [-0.39, 0.29) is 61.4 Å². The average molecular weight is 646 g/mol. The summed E-state index contributed by atoms with van der Waals surface area (Å²) in [6.45, 7) is -0.719. The smallest absolute Gasteiger partial charge is 0.377 e. The lowest BCUT2D eigenvalue weighted by Gasteiger charge is -2.36. The Morgan fingerprint density at radius 1 is 0.872 bits per heavy atom. The number of aliphatic imine (C=N–C) groups is 1. The maximum absolute atomic E-state index is 14.0. The number of ketones is 2. The largest absolute Gasteiger partial charge is 0.422 e. The van der Waals surface area contributed by atoms with Crippen molar-refractivity contribution < 1.29 is 37.5 Å². The summed E-state index contributed by atoms with van der Waals surface area (Å²) in [6, 6.07) is 15.9. The van der Waals surface area contributed by atoms with Gasteiger partial charge in [-0.15, -0.1) is 0 Å². The van der Waals surface area contributed by atoms with Crippen molar-refractivity contribution in [1.82, 2.24) is 0 Å². The van der Waals surface area contributed by atoms with Gasteiger partial charge in [-0.3, -0.25) is 19.4 Å². The number of nitrogens with one attached hydrogen (secondary N) is 1. The Morgan fingerprint density at radius 3 is 2.11 bits per heavy atom. The molecular formula is C32H31N5O10. The van der Waals surface area contributed by atoms with Crippen molar-refractivity contribution in [3.05, 3.63) is 87.1 Å². The van der Waals surface area contributed by atoms with Crippen molar-refractivity contribution in [2.24, 2.45) is 22.2 Å². The molecule has 5 rings (SSSR count). The zero-order valence-corrected chi connectivity index (χ0v) is 25.0. The Hall–Kier alpha value is -5.83. The summed E-state index contributed by atoms with van der Waals surface area (Å²) < 4.78 is 21.4. The van der Waals surface area contributed by atoms with Gasteiger partial charge in [-0.25, -0.2) is 14.4 Å². The number of hydrogen-bond donors (Lipinski definition) is 4. The van der Waals surface area contributed by atoms with Gasteiger partial charge in [0.2, 0.25) is 11.6 Å². The van der Waals surface area contributed by atoms with Crippen LogP contribution in [0.3, 0.4) is 0 Å². The van der Waals surface area contributed by atoms with E-state index in [9.17, 15) is 28.8 Å². The highest BCUT2D eigenvalue weighted by atomic mass is 16.7. The minimum atomic E-state index is -3.00. The van der Waals surface area contributed by atoms with Crippen molar-refractivity contribution >= 4 is 57.1 Å². The molecule has 0 radical (unpaired) electrons. The van der Waals surface area contributed by atoms with Crippen LogP contribution in [0, 0.1) is 0 Å². The number of nitrogens with zero attached hydrogens (tertiary/aromatic N) is 1. The number of Topliss-reactive ketones (excluding diaryl/α,β-unsaturated/α-hetero) is 2. The van der Waals surface area contributed by atoms with Crippen LogP contribution in [0.1, 0.15) is 37.7 Å². The van der Waals surface area contributed by atoms with Gasteiger partial charge in [-0.05, 0) is 43.5 Å². The van der Waals surface area contributed by atoms with E-state index in [0.29, 0.717) is 16.4 Å². The average Bonchev–Trinajstić information content (AvgIpc) is 3.04. The van der Waals surface area contributed by atoms with Crippen LogP contribution in [0.5, 0.6) is 0 Å². The third-order valence-electron chi connectivity index (χ3n) is 7.61. The number of ether oxygens (including phenoxy) is 2. The summed E-state index contributed by atoms with van der Waals surface area (Å²) in [5.74, 6) is -7.86. The number of hydrogen-bond acceptors (Lipinski definition) is 13. The van der Waals surface area contributed by atoms with Crippen LogP contribution in [0.25, 0.3) is 21.9 Å². The molecule has 1 saturated carbocycles. The summed E-state index contributed by atoms with van der Waals surface area (Å²) in [4.78, 5) is 83.1. The molecule has 47 heavy (non-hydrogen) atoms. The first kappa shape index (κ1) is 32.6. The highest BCUT2D eigenvalue weighted by Gasteiger charge is 2.57. The van der Waals surface area contributed by atoms with Gasteiger partial charge in [0.15, 0.2) is 5.96 Å². The van der Waals surface area contributed by atoms with E-state index in [1.807, 2.05) is 0 Å². The summed E-state index contributed by atoms with van der Waals surface area (Å²) >= 11 is 0. The van der Waals surface area contributed by atoms with Crippen molar-refractivity contribution in [3.63, 3.8) is 0 Å². The standard InChI is InChI=1S/C32H31N5O10/c33-30(34)36-14-6-13-31(35,20-15-18-7-1-3-9-22(18)44-27(20)41)29(43)47-32(24(38)11-5-12-25(32)39)46-26(40)17-37-21-16-19-8-2-4-10-23(19)45-28(21)42/h1-4,7-10,15-16,37H,5-6,11-14,17,35H2,(H4,33,34,36)/t31-/m1/s1. The molecule has 0 amide bonds. The van der Waals surface area contributed by atoms with Gasteiger partial charge in [-0.1, -0.05) is 36.4 Å². The molecule has 1 aliphatic rings. The maximum Gasteiger partial charge on any atom is 0.377 e. The second-order valence-electron chi connectivity index (χ2n) is 10.9. The van der Waals surface area contributed by atoms with Gasteiger partial charge in [0, 0.05) is 30.2 Å². The van der Waals surface area contributed by atoms with E-state index in [1.165, 1.54) is 12.1 Å². The van der Waals surface area contributed by atoms with Gasteiger partial charge in [0.1, 0.15) is 28.9 Å². The number of fused-ring (bicyclic) bond motifs is 2. The number of rotatable bonds is 11. The molecule has 0 aliphatic heterocycles. The van der Waals surface area contributed by atoms with Crippen molar-refractivity contribution in [1.29, 1.82) is 0 Å². The number of benzene rings is 2. The molecule has 244 valence electrons. The fourth-order valence-corrected chi connectivity index (χ4v) is 5.20. The Balaban J connectivity index is 1.45. The molecule has 1 aliphatic carbocycles. The molecule has 2 aromatic carbocycles. The molecule has 4 aromatic rings. The third-order valence-corrected chi connectivity index (χ3v) is 7.61. The van der Waals surface area contributed by atoms with Crippen LogP contribution in [-0.2, 0) is 34.2 Å². The van der Waals surface area contributed by atoms with Crippen LogP contribution in [0.2, 0.25) is 0 Å². The van der Waals surface area contributed by atoms with E-state index in [2.05, 4.69) is 10.3 Å². The molecule has 15 nitrogen and oxygen atoms in total. The SMILES string of the molecule is NC(N)=NCCC[C@](N)(C(=O)OC1(OC(=O)CNc2cc3ccccc3oc2=O)C(=O)CCCC1=O)c1cc2ccccc2oc1=O. The predicted octanol–water partition coefficient (Wildman–Crippen LogP) is 1.32. The number of carbonyl (C=O) groups excluding carboxylic acids is 4. The third kappa shape index (κ3) is 6.74. The monoisotopic (exact) mass is 645 g/mol. The molecule has 1 atom stereocenters. The van der Waals surface area contributed by atoms with Crippen molar-refractivity contribution in [2.75, 3.05) is 18.4 Å². The highest BCUT2D eigenvalue weighted by molar-refractivity contribution is 6.13. The van der Waals surface area contributed by atoms with Gasteiger partial charge in [-0.2, -0.15) is 0 Å². The zero-order chi connectivity index (χ0) is 33.8.